The van der Waals surface area contributed by atoms with Crippen molar-refractivity contribution in [2.24, 2.45) is 0 Å². The van der Waals surface area contributed by atoms with Crippen LogP contribution in [0.5, 0.6) is 0 Å². The van der Waals surface area contributed by atoms with Gasteiger partial charge >= 0.3 is 0 Å². The number of hydrogen-bond donors (Lipinski definition) is 1. The van der Waals surface area contributed by atoms with Crippen LogP contribution in [0.15, 0.2) is 54.6 Å². The topological polar surface area (TPSA) is 46.9 Å². The minimum absolute atomic E-state index is 0.118. The minimum Gasteiger partial charge on any atom is -0.346 e. The van der Waals surface area contributed by atoms with Gasteiger partial charge < -0.3 is 5.32 Å². The second-order valence-electron chi connectivity index (χ2n) is 6.14. The lowest BCUT2D eigenvalue weighted by molar-refractivity contribution is 0.0940. The first kappa shape index (κ1) is 17.2. The Morgan fingerprint density at radius 1 is 1.12 bits per heavy atom. The molecular weight excluding hydrogens is 334 g/mol. The summed E-state index contributed by atoms with van der Waals surface area (Å²) in [6, 6.07) is 16.8. The number of carbonyl (C=O) groups excluding carboxylic acids is 1. The maximum atomic E-state index is 12.5. The number of amides is 1. The van der Waals surface area contributed by atoms with Gasteiger partial charge in [-0.3, -0.25) is 4.79 Å². The fourth-order valence-electron chi connectivity index (χ4n) is 2.78. The third-order valence-electron chi connectivity index (χ3n) is 4.08. The lowest BCUT2D eigenvalue weighted by atomic mass is 10.1. The zero-order valence-electron chi connectivity index (χ0n) is 14.5. The first-order valence-corrected chi connectivity index (χ1v) is 8.52. The molecule has 1 heterocycles. The van der Waals surface area contributed by atoms with Crippen molar-refractivity contribution < 1.29 is 4.79 Å². The molecule has 1 aromatic heterocycles. The summed E-state index contributed by atoms with van der Waals surface area (Å²) in [7, 11) is 0. The lowest BCUT2D eigenvalue weighted by Crippen LogP contribution is -2.26. The molecule has 0 saturated carbocycles. The van der Waals surface area contributed by atoms with Crippen LogP contribution in [0.25, 0.3) is 5.69 Å². The predicted molar refractivity (Wildman–Crippen MR) is 100 cm³/mol. The van der Waals surface area contributed by atoms with E-state index in [9.17, 15) is 4.79 Å². The lowest BCUT2D eigenvalue weighted by Gasteiger charge is -2.15. The maximum Gasteiger partial charge on any atom is 0.251 e. The third-order valence-corrected chi connectivity index (χ3v) is 4.32. The van der Waals surface area contributed by atoms with Gasteiger partial charge in [0, 0.05) is 16.3 Å². The highest BCUT2D eigenvalue weighted by Gasteiger charge is 2.12. The Kier molecular flexibility index (Phi) is 4.91. The van der Waals surface area contributed by atoms with Gasteiger partial charge in [0.05, 0.1) is 17.4 Å². The van der Waals surface area contributed by atoms with Crippen LogP contribution in [0, 0.1) is 13.8 Å². The second kappa shape index (κ2) is 7.11. The summed E-state index contributed by atoms with van der Waals surface area (Å²) in [5.74, 6) is -0.118. The van der Waals surface area contributed by atoms with Crippen LogP contribution in [0.2, 0.25) is 5.02 Å². The van der Waals surface area contributed by atoms with Crippen molar-refractivity contribution in [3.63, 3.8) is 0 Å². The Bertz CT molecular complexity index is 900. The van der Waals surface area contributed by atoms with Crippen molar-refractivity contribution in [2.75, 3.05) is 0 Å². The van der Waals surface area contributed by atoms with Crippen molar-refractivity contribution >= 4 is 17.5 Å². The number of benzene rings is 2. The van der Waals surface area contributed by atoms with E-state index < -0.39 is 0 Å². The molecule has 0 radical (unpaired) electrons. The van der Waals surface area contributed by atoms with Crippen molar-refractivity contribution in [3.8, 4) is 5.69 Å². The van der Waals surface area contributed by atoms with Gasteiger partial charge in [0.25, 0.3) is 5.91 Å². The highest BCUT2D eigenvalue weighted by Crippen LogP contribution is 2.18. The Labute approximate surface area is 152 Å². The number of nitrogens with zero attached hydrogens (tertiary/aromatic N) is 2. The molecule has 2 aromatic carbocycles. The molecule has 0 spiro atoms. The smallest absolute Gasteiger partial charge is 0.251 e. The first-order chi connectivity index (χ1) is 11.9. The number of aryl methyl sites for hydroxylation is 2. The van der Waals surface area contributed by atoms with Crippen molar-refractivity contribution in [1.82, 2.24) is 15.1 Å². The molecule has 0 aliphatic rings. The van der Waals surface area contributed by atoms with Crippen LogP contribution in [-0.4, -0.2) is 15.7 Å². The van der Waals surface area contributed by atoms with E-state index in [2.05, 4.69) is 10.4 Å². The van der Waals surface area contributed by atoms with Gasteiger partial charge in [-0.2, -0.15) is 5.10 Å². The Balaban J connectivity index is 1.73. The van der Waals surface area contributed by atoms with Gasteiger partial charge in [-0.1, -0.05) is 23.7 Å². The monoisotopic (exact) mass is 353 g/mol. The number of nitrogens with one attached hydrogen (secondary N) is 1. The summed E-state index contributed by atoms with van der Waals surface area (Å²) in [5.41, 5.74) is 4.54. The SMILES string of the molecule is Cc1cc(C)n(-c2ccc(C(=O)NC(C)c3cccc(Cl)c3)cc2)n1. The number of aromatic nitrogens is 2. The normalized spacial score (nSPS) is 12.0. The average Bonchev–Trinajstić information content (AvgIpc) is 2.93. The molecule has 0 bridgehead atoms. The molecule has 1 unspecified atom stereocenters. The van der Waals surface area contributed by atoms with E-state index in [4.69, 9.17) is 11.6 Å². The van der Waals surface area contributed by atoms with Gasteiger partial charge in [-0.15, -0.1) is 0 Å². The molecule has 0 saturated heterocycles. The van der Waals surface area contributed by atoms with E-state index in [0.717, 1.165) is 22.6 Å². The Morgan fingerprint density at radius 3 is 2.44 bits per heavy atom. The molecule has 1 atom stereocenters. The summed E-state index contributed by atoms with van der Waals surface area (Å²) in [4.78, 5) is 12.5. The predicted octanol–water partition coefficient (Wildman–Crippen LogP) is 4.63. The number of rotatable bonds is 4. The molecule has 5 heteroatoms. The van der Waals surface area contributed by atoms with E-state index in [0.29, 0.717) is 10.6 Å². The van der Waals surface area contributed by atoms with Crippen LogP contribution in [-0.2, 0) is 0 Å². The van der Waals surface area contributed by atoms with Crippen molar-refractivity contribution in [3.05, 3.63) is 82.1 Å². The number of carbonyl (C=O) groups is 1. The number of halogens is 1. The molecule has 1 N–H and O–H groups in total. The second-order valence-corrected chi connectivity index (χ2v) is 6.57. The fourth-order valence-corrected chi connectivity index (χ4v) is 2.98. The quantitative estimate of drug-likeness (QED) is 0.743. The van der Waals surface area contributed by atoms with Crippen molar-refractivity contribution in [2.45, 2.75) is 26.8 Å². The zero-order chi connectivity index (χ0) is 18.0. The minimum atomic E-state index is -0.123. The van der Waals surface area contributed by atoms with Gasteiger partial charge in [-0.25, -0.2) is 4.68 Å². The molecule has 128 valence electrons. The van der Waals surface area contributed by atoms with Gasteiger partial charge in [-0.05, 0) is 68.8 Å². The summed E-state index contributed by atoms with van der Waals surface area (Å²) >= 11 is 6.01. The van der Waals surface area contributed by atoms with Crippen LogP contribution in [0.1, 0.15) is 40.3 Å². The zero-order valence-corrected chi connectivity index (χ0v) is 15.2. The van der Waals surface area contributed by atoms with E-state index in [1.165, 1.54) is 0 Å². The summed E-state index contributed by atoms with van der Waals surface area (Å²) in [6.45, 7) is 5.91. The van der Waals surface area contributed by atoms with Crippen LogP contribution < -0.4 is 5.32 Å². The van der Waals surface area contributed by atoms with E-state index in [1.54, 1.807) is 0 Å². The number of hydrogen-bond acceptors (Lipinski definition) is 2. The highest BCUT2D eigenvalue weighted by atomic mass is 35.5. The first-order valence-electron chi connectivity index (χ1n) is 8.14. The van der Waals surface area contributed by atoms with Gasteiger partial charge in [0.15, 0.2) is 0 Å². The van der Waals surface area contributed by atoms with E-state index in [1.807, 2.05) is 80.1 Å². The molecule has 3 aromatic rings. The van der Waals surface area contributed by atoms with E-state index in [-0.39, 0.29) is 11.9 Å². The largest absolute Gasteiger partial charge is 0.346 e. The molecule has 25 heavy (non-hydrogen) atoms. The summed E-state index contributed by atoms with van der Waals surface area (Å²) in [5, 5.41) is 8.11. The van der Waals surface area contributed by atoms with Crippen LogP contribution in [0.4, 0.5) is 0 Å². The molecule has 0 aliphatic heterocycles. The maximum absolute atomic E-state index is 12.5. The molecule has 4 nitrogen and oxygen atoms in total. The van der Waals surface area contributed by atoms with Crippen LogP contribution >= 0.6 is 11.6 Å². The summed E-state index contributed by atoms with van der Waals surface area (Å²) < 4.78 is 1.87. The van der Waals surface area contributed by atoms with E-state index >= 15 is 0 Å². The third kappa shape index (κ3) is 3.91. The average molecular weight is 354 g/mol. The Morgan fingerprint density at radius 2 is 1.84 bits per heavy atom. The highest BCUT2D eigenvalue weighted by molar-refractivity contribution is 6.30. The molecule has 3 rings (SSSR count). The van der Waals surface area contributed by atoms with Crippen LogP contribution in [0.3, 0.4) is 0 Å². The van der Waals surface area contributed by atoms with Gasteiger partial charge in [0.2, 0.25) is 0 Å². The molecule has 0 fully saturated rings. The standard InChI is InChI=1S/C20H20ClN3O/c1-13-11-14(2)24(23-13)19-9-7-16(8-10-19)20(25)22-15(3)17-5-4-6-18(21)12-17/h4-12,15H,1-3H3,(H,22,25). The van der Waals surface area contributed by atoms with Gasteiger partial charge in [0.1, 0.15) is 0 Å². The summed E-state index contributed by atoms with van der Waals surface area (Å²) in [6.07, 6.45) is 0. The molecule has 0 aliphatic carbocycles. The molecule has 1 amide bonds. The molecular formula is C20H20ClN3O. The fraction of sp³-hybridized carbons (Fsp3) is 0.200. The Hall–Kier alpha value is -2.59. The van der Waals surface area contributed by atoms with Crippen molar-refractivity contribution in [1.29, 1.82) is 0 Å².